The van der Waals surface area contributed by atoms with Crippen LogP contribution in [0.4, 0.5) is 4.39 Å². The minimum atomic E-state index is -0.737. The number of aliphatic carboxylic acids is 1. The zero-order chi connectivity index (χ0) is 23.7. The third-order valence-corrected chi connectivity index (χ3v) is 6.55. The Balaban J connectivity index is 1.27. The fourth-order valence-electron chi connectivity index (χ4n) is 4.68. The minimum absolute atomic E-state index is 0.0487. The third kappa shape index (κ3) is 4.64. The lowest BCUT2D eigenvalue weighted by molar-refractivity contribution is -0.138. The first-order chi connectivity index (χ1) is 16.5. The van der Waals surface area contributed by atoms with Gasteiger partial charge >= 0.3 is 5.97 Å². The second-order valence-corrected chi connectivity index (χ2v) is 8.99. The molecule has 1 aliphatic rings. The number of pyridine rings is 1. The van der Waals surface area contributed by atoms with Gasteiger partial charge in [-0.3, -0.25) is 4.79 Å². The highest BCUT2D eigenvalue weighted by atomic mass is 19.1. The zero-order valence-electron chi connectivity index (χ0n) is 18.9. The molecule has 7 heteroatoms. The van der Waals surface area contributed by atoms with E-state index in [0.29, 0.717) is 17.3 Å². The molecule has 0 unspecified atom stereocenters. The van der Waals surface area contributed by atoms with Crippen molar-refractivity contribution in [2.45, 2.75) is 45.1 Å². The first-order valence-electron chi connectivity index (χ1n) is 11.6. The maximum Gasteiger partial charge on any atom is 0.303 e. The SMILES string of the molecule is Cc1cccc2[nH]c(-c3ccc(-c4ccc(OC5CCC(CC(=O)O)CC5)nc4)cc3F)nc12. The number of fused-ring (bicyclic) bond motifs is 1. The maximum absolute atomic E-state index is 15.0. The highest BCUT2D eigenvalue weighted by Crippen LogP contribution is 2.31. The number of hydrogen-bond donors (Lipinski definition) is 2. The smallest absolute Gasteiger partial charge is 0.303 e. The van der Waals surface area contributed by atoms with Crippen LogP contribution in [0.15, 0.2) is 54.7 Å². The first-order valence-corrected chi connectivity index (χ1v) is 11.6. The normalized spacial score (nSPS) is 18.2. The molecule has 174 valence electrons. The molecule has 1 aliphatic carbocycles. The van der Waals surface area contributed by atoms with Gasteiger partial charge in [-0.2, -0.15) is 0 Å². The van der Waals surface area contributed by atoms with Crippen LogP contribution in [-0.4, -0.2) is 32.1 Å². The zero-order valence-corrected chi connectivity index (χ0v) is 18.9. The lowest BCUT2D eigenvalue weighted by Crippen LogP contribution is -2.25. The summed E-state index contributed by atoms with van der Waals surface area (Å²) in [6, 6.07) is 14.6. The molecule has 1 fully saturated rings. The number of carbonyl (C=O) groups is 1. The predicted molar refractivity (Wildman–Crippen MR) is 128 cm³/mol. The molecule has 0 bridgehead atoms. The number of nitrogens with zero attached hydrogens (tertiary/aromatic N) is 2. The van der Waals surface area contributed by atoms with Gasteiger partial charge in [-0.05, 0) is 73.9 Å². The van der Waals surface area contributed by atoms with Crippen LogP contribution in [0.2, 0.25) is 0 Å². The molecule has 0 aliphatic heterocycles. The van der Waals surface area contributed by atoms with E-state index in [1.807, 2.05) is 37.3 Å². The third-order valence-electron chi connectivity index (χ3n) is 6.55. The Bertz CT molecular complexity index is 1320. The molecule has 6 nitrogen and oxygen atoms in total. The van der Waals surface area contributed by atoms with Gasteiger partial charge in [0.1, 0.15) is 17.7 Å². The van der Waals surface area contributed by atoms with E-state index >= 15 is 4.39 Å². The van der Waals surface area contributed by atoms with Crippen molar-refractivity contribution in [2.75, 3.05) is 0 Å². The van der Waals surface area contributed by atoms with Gasteiger partial charge in [0.2, 0.25) is 5.88 Å². The molecule has 2 aromatic carbocycles. The Hall–Kier alpha value is -3.74. The average molecular weight is 460 g/mol. The Labute approximate surface area is 196 Å². The highest BCUT2D eigenvalue weighted by Gasteiger charge is 2.24. The van der Waals surface area contributed by atoms with Crippen molar-refractivity contribution < 1.29 is 19.0 Å². The summed E-state index contributed by atoms with van der Waals surface area (Å²) in [4.78, 5) is 23.1. The van der Waals surface area contributed by atoms with E-state index in [-0.39, 0.29) is 24.3 Å². The molecule has 0 saturated heterocycles. The van der Waals surface area contributed by atoms with Crippen LogP contribution in [0.5, 0.6) is 5.88 Å². The van der Waals surface area contributed by atoms with Gasteiger partial charge in [-0.25, -0.2) is 14.4 Å². The fourth-order valence-corrected chi connectivity index (χ4v) is 4.68. The van der Waals surface area contributed by atoms with Crippen molar-refractivity contribution in [3.8, 4) is 28.4 Å². The van der Waals surface area contributed by atoms with E-state index < -0.39 is 5.97 Å². The van der Waals surface area contributed by atoms with Crippen LogP contribution in [0.1, 0.15) is 37.7 Å². The van der Waals surface area contributed by atoms with Gasteiger partial charge < -0.3 is 14.8 Å². The number of H-pyrrole nitrogens is 1. The van der Waals surface area contributed by atoms with E-state index in [4.69, 9.17) is 9.84 Å². The molecule has 34 heavy (non-hydrogen) atoms. The number of ether oxygens (including phenoxy) is 1. The number of halogens is 1. The van der Waals surface area contributed by atoms with Crippen LogP contribution in [-0.2, 0) is 4.79 Å². The summed E-state index contributed by atoms with van der Waals surface area (Å²) >= 11 is 0. The van der Waals surface area contributed by atoms with Gasteiger partial charge in [-0.15, -0.1) is 0 Å². The number of carboxylic acids is 1. The number of aromatic nitrogens is 3. The molecule has 4 aromatic rings. The molecule has 2 N–H and O–H groups in total. The van der Waals surface area contributed by atoms with E-state index in [2.05, 4.69) is 15.0 Å². The van der Waals surface area contributed by atoms with Crippen molar-refractivity contribution in [3.63, 3.8) is 0 Å². The highest BCUT2D eigenvalue weighted by molar-refractivity contribution is 5.82. The molecule has 0 atom stereocenters. The lowest BCUT2D eigenvalue weighted by atomic mass is 9.85. The van der Waals surface area contributed by atoms with Crippen LogP contribution < -0.4 is 4.74 Å². The van der Waals surface area contributed by atoms with Crippen molar-refractivity contribution in [1.29, 1.82) is 0 Å². The van der Waals surface area contributed by atoms with Crippen molar-refractivity contribution >= 4 is 17.0 Å². The van der Waals surface area contributed by atoms with E-state index in [0.717, 1.165) is 53.4 Å². The van der Waals surface area contributed by atoms with E-state index in [1.165, 1.54) is 6.07 Å². The molecule has 0 radical (unpaired) electrons. The van der Waals surface area contributed by atoms with Crippen LogP contribution in [0.25, 0.3) is 33.5 Å². The number of aromatic amines is 1. The molecule has 0 spiro atoms. The Morgan fingerprint density at radius 1 is 1.12 bits per heavy atom. The molecule has 5 rings (SSSR count). The number of imidazole rings is 1. The summed E-state index contributed by atoms with van der Waals surface area (Å²) in [6.07, 6.45) is 5.32. The number of hydrogen-bond acceptors (Lipinski definition) is 4. The molecule has 2 aromatic heterocycles. The number of benzene rings is 2. The average Bonchev–Trinajstić information content (AvgIpc) is 3.26. The van der Waals surface area contributed by atoms with Gasteiger partial charge in [0.05, 0.1) is 16.6 Å². The quantitative estimate of drug-likeness (QED) is 0.361. The maximum atomic E-state index is 15.0. The van der Waals surface area contributed by atoms with Crippen LogP contribution in [0.3, 0.4) is 0 Å². The topological polar surface area (TPSA) is 88.1 Å². The number of carboxylic acid groups (broad SMARTS) is 1. The summed E-state index contributed by atoms with van der Waals surface area (Å²) in [7, 11) is 0. The summed E-state index contributed by atoms with van der Waals surface area (Å²) in [5, 5.41) is 8.95. The minimum Gasteiger partial charge on any atom is -0.481 e. The summed E-state index contributed by atoms with van der Waals surface area (Å²) in [5.74, 6) is 0.175. The molecule has 2 heterocycles. The second-order valence-electron chi connectivity index (χ2n) is 8.99. The standard InChI is InChI=1S/C27H26FN3O3/c1-16-3-2-4-23-26(16)31-27(30-23)21-11-7-18(14-22(21)28)19-8-12-24(29-15-19)34-20-9-5-17(6-10-20)13-25(32)33/h2-4,7-8,11-12,14-15,17,20H,5-6,9-10,13H2,1H3,(H,30,31)(H,32,33). The molecule has 1 saturated carbocycles. The summed E-state index contributed by atoms with van der Waals surface area (Å²) in [5.41, 5.74) is 4.71. The Kier molecular flexibility index (Phi) is 6.01. The number of aryl methyl sites for hydroxylation is 1. The van der Waals surface area contributed by atoms with Crippen molar-refractivity contribution in [3.05, 3.63) is 66.1 Å². The predicted octanol–water partition coefficient (Wildman–Crippen LogP) is 6.15. The summed E-state index contributed by atoms with van der Waals surface area (Å²) < 4.78 is 21.0. The van der Waals surface area contributed by atoms with Gasteiger partial charge in [0.15, 0.2) is 0 Å². The first kappa shape index (κ1) is 22.1. The van der Waals surface area contributed by atoms with Crippen LogP contribution >= 0.6 is 0 Å². The Morgan fingerprint density at radius 3 is 2.59 bits per heavy atom. The number of rotatable bonds is 6. The molecular weight excluding hydrogens is 433 g/mol. The monoisotopic (exact) mass is 459 g/mol. The molecular formula is C27H26FN3O3. The fraction of sp³-hybridized carbons (Fsp3) is 0.296. The van der Waals surface area contributed by atoms with Gasteiger partial charge in [-0.1, -0.05) is 18.2 Å². The second kappa shape index (κ2) is 9.25. The number of nitrogens with one attached hydrogen (secondary N) is 1. The lowest BCUT2D eigenvalue weighted by Gasteiger charge is -2.27. The van der Waals surface area contributed by atoms with Gasteiger partial charge in [0.25, 0.3) is 0 Å². The van der Waals surface area contributed by atoms with E-state index in [1.54, 1.807) is 18.3 Å². The van der Waals surface area contributed by atoms with Crippen molar-refractivity contribution in [2.24, 2.45) is 5.92 Å². The number of para-hydroxylation sites is 1. The van der Waals surface area contributed by atoms with Crippen molar-refractivity contribution in [1.82, 2.24) is 15.0 Å². The summed E-state index contributed by atoms with van der Waals surface area (Å²) in [6.45, 7) is 1.98. The molecule has 0 amide bonds. The van der Waals surface area contributed by atoms with E-state index in [9.17, 15) is 4.79 Å². The largest absolute Gasteiger partial charge is 0.481 e. The Morgan fingerprint density at radius 2 is 1.91 bits per heavy atom. The van der Waals surface area contributed by atoms with Gasteiger partial charge in [0, 0.05) is 24.2 Å². The van der Waals surface area contributed by atoms with Crippen LogP contribution in [0, 0.1) is 18.7 Å².